The van der Waals surface area contributed by atoms with Crippen molar-refractivity contribution in [3.63, 3.8) is 0 Å². The maximum Gasteiger partial charge on any atom is 0.339 e. The highest BCUT2D eigenvalue weighted by Gasteiger charge is 2.22. The molecule has 3 heterocycles. The SMILES string of the molecule is COC(=O)c1cc2c(cc1NC(=O)c1cc3ccccc3s1)sc1cc(NC(=O)c3cc4ccccc4s3)c(C(=O)O)cc12. The summed E-state index contributed by atoms with van der Waals surface area (Å²) in [5.74, 6) is -2.63. The van der Waals surface area contributed by atoms with Crippen LogP contribution < -0.4 is 10.6 Å². The Morgan fingerprint density at radius 3 is 1.57 bits per heavy atom. The number of aromatic carboxylic acids is 1. The smallest absolute Gasteiger partial charge is 0.339 e. The van der Waals surface area contributed by atoms with E-state index in [9.17, 15) is 24.3 Å². The number of rotatable bonds is 6. The van der Waals surface area contributed by atoms with E-state index in [1.165, 1.54) is 47.2 Å². The number of amides is 2. The summed E-state index contributed by atoms with van der Waals surface area (Å²) in [5, 5.41) is 18.8. The van der Waals surface area contributed by atoms with Crippen molar-refractivity contribution >= 4 is 109 Å². The second-order valence-electron chi connectivity index (χ2n) is 9.89. The van der Waals surface area contributed by atoms with Crippen molar-refractivity contribution in [3.05, 3.63) is 106 Å². The Bertz CT molecular complexity index is 2260. The highest BCUT2D eigenvalue weighted by Crippen LogP contribution is 2.40. The van der Waals surface area contributed by atoms with E-state index in [0.29, 0.717) is 29.9 Å². The summed E-state index contributed by atoms with van der Waals surface area (Å²) in [6.07, 6.45) is 0. The number of hydrogen-bond acceptors (Lipinski definition) is 8. The number of methoxy groups -OCH3 is 1. The Labute approximate surface area is 261 Å². The average molecular weight is 637 g/mol. The normalized spacial score (nSPS) is 11.3. The highest BCUT2D eigenvalue weighted by atomic mass is 32.1. The van der Waals surface area contributed by atoms with E-state index >= 15 is 0 Å². The molecule has 0 bridgehead atoms. The van der Waals surface area contributed by atoms with Crippen LogP contribution in [0.25, 0.3) is 40.3 Å². The highest BCUT2D eigenvalue weighted by molar-refractivity contribution is 7.26. The van der Waals surface area contributed by atoms with Crippen LogP contribution in [0.2, 0.25) is 0 Å². The third kappa shape index (κ3) is 4.86. The first-order valence-corrected chi connectivity index (χ1v) is 15.7. The minimum atomic E-state index is -1.21. The number of hydrogen-bond donors (Lipinski definition) is 3. The number of anilines is 2. The minimum absolute atomic E-state index is 0.0894. The molecule has 0 fully saturated rings. The molecule has 7 rings (SSSR count). The van der Waals surface area contributed by atoms with Gasteiger partial charge in [0.25, 0.3) is 11.8 Å². The zero-order valence-corrected chi connectivity index (χ0v) is 25.2. The van der Waals surface area contributed by atoms with Gasteiger partial charge >= 0.3 is 11.9 Å². The standard InChI is InChI=1S/C33H20N2O6S3/c1-41-33(40)21-13-19-18-12-20(32(38)39)22(34-30(36)28-10-16-6-2-4-8-24(16)42-28)14-26(18)44-27(19)15-23(21)35-31(37)29-11-17-7-3-5-9-25(17)43-29/h2-15H,1H3,(H,34,36)(H,35,37)(H,38,39). The molecule has 3 aromatic heterocycles. The summed E-state index contributed by atoms with van der Waals surface area (Å²) in [4.78, 5) is 52.5. The van der Waals surface area contributed by atoms with Crippen LogP contribution in [0.4, 0.5) is 11.4 Å². The van der Waals surface area contributed by atoms with Gasteiger partial charge in [-0.05, 0) is 59.3 Å². The molecule has 2 amide bonds. The first-order chi connectivity index (χ1) is 21.3. The molecule has 0 saturated heterocycles. The van der Waals surface area contributed by atoms with Gasteiger partial charge in [-0.1, -0.05) is 36.4 Å². The fraction of sp³-hybridized carbons (Fsp3) is 0.0303. The molecule has 0 spiro atoms. The number of thiophene rings is 3. The fourth-order valence-corrected chi connectivity index (χ4v) is 8.15. The third-order valence-electron chi connectivity index (χ3n) is 7.18. The number of benzene rings is 4. The predicted octanol–water partition coefficient (Wildman–Crippen LogP) is 8.47. The minimum Gasteiger partial charge on any atom is -0.478 e. The average Bonchev–Trinajstić information content (AvgIpc) is 3.74. The van der Waals surface area contributed by atoms with Crippen molar-refractivity contribution in [1.29, 1.82) is 0 Å². The van der Waals surface area contributed by atoms with Crippen molar-refractivity contribution in [3.8, 4) is 0 Å². The maximum absolute atomic E-state index is 13.2. The molecule has 11 heteroatoms. The Kier molecular flexibility index (Phi) is 6.85. The topological polar surface area (TPSA) is 122 Å². The number of esters is 1. The summed E-state index contributed by atoms with van der Waals surface area (Å²) in [6.45, 7) is 0. The number of carbonyl (C=O) groups is 4. The lowest BCUT2D eigenvalue weighted by molar-refractivity contribution is 0.0601. The van der Waals surface area contributed by atoms with E-state index in [-0.39, 0.29) is 28.4 Å². The molecule has 8 nitrogen and oxygen atoms in total. The molecular weight excluding hydrogens is 617 g/mol. The lowest BCUT2D eigenvalue weighted by Gasteiger charge is -2.10. The van der Waals surface area contributed by atoms with Crippen LogP contribution in [0.3, 0.4) is 0 Å². The van der Waals surface area contributed by atoms with E-state index in [2.05, 4.69) is 10.6 Å². The van der Waals surface area contributed by atoms with Gasteiger partial charge in [0.1, 0.15) is 0 Å². The Morgan fingerprint density at radius 1 is 0.614 bits per heavy atom. The molecular formula is C33H20N2O6S3. The van der Waals surface area contributed by atoms with Crippen LogP contribution in [-0.2, 0) is 4.74 Å². The zero-order valence-electron chi connectivity index (χ0n) is 22.8. The molecule has 0 unspecified atom stereocenters. The summed E-state index contributed by atoms with van der Waals surface area (Å²) >= 11 is 4.02. The lowest BCUT2D eigenvalue weighted by atomic mass is 10.0. The zero-order chi connectivity index (χ0) is 30.5. The van der Waals surface area contributed by atoms with Crippen LogP contribution in [-0.4, -0.2) is 36.0 Å². The number of carboxylic acid groups (broad SMARTS) is 1. The van der Waals surface area contributed by atoms with Gasteiger partial charge in [0.05, 0.1) is 39.4 Å². The van der Waals surface area contributed by atoms with Gasteiger partial charge < -0.3 is 20.5 Å². The van der Waals surface area contributed by atoms with Crippen LogP contribution in [0, 0.1) is 0 Å². The first-order valence-electron chi connectivity index (χ1n) is 13.2. The van der Waals surface area contributed by atoms with E-state index < -0.39 is 17.8 Å². The second kappa shape index (κ2) is 10.9. The third-order valence-corrected chi connectivity index (χ3v) is 10.5. The predicted molar refractivity (Wildman–Crippen MR) is 177 cm³/mol. The summed E-state index contributed by atoms with van der Waals surface area (Å²) in [6, 6.07) is 25.3. The van der Waals surface area contributed by atoms with E-state index in [0.717, 1.165) is 20.2 Å². The van der Waals surface area contributed by atoms with Gasteiger partial charge in [-0.15, -0.1) is 34.0 Å². The lowest BCUT2D eigenvalue weighted by Crippen LogP contribution is -2.14. The van der Waals surface area contributed by atoms with Gasteiger partial charge in [0, 0.05) is 29.6 Å². The first kappa shape index (κ1) is 27.7. The molecule has 0 radical (unpaired) electrons. The van der Waals surface area contributed by atoms with Crippen molar-refractivity contribution < 1.29 is 29.0 Å². The Balaban J connectivity index is 1.29. The molecule has 4 aromatic carbocycles. The van der Waals surface area contributed by atoms with E-state index in [4.69, 9.17) is 4.74 Å². The summed E-state index contributed by atoms with van der Waals surface area (Å²) in [7, 11) is 1.25. The molecule has 44 heavy (non-hydrogen) atoms. The van der Waals surface area contributed by atoms with E-state index in [1.54, 1.807) is 30.3 Å². The van der Waals surface area contributed by atoms with E-state index in [1.807, 2.05) is 48.5 Å². The van der Waals surface area contributed by atoms with Gasteiger partial charge in [0.2, 0.25) is 0 Å². The van der Waals surface area contributed by atoms with Crippen LogP contribution in [0.1, 0.15) is 40.1 Å². The van der Waals surface area contributed by atoms with Crippen molar-refractivity contribution in [2.75, 3.05) is 17.7 Å². The van der Waals surface area contributed by atoms with Gasteiger partial charge in [-0.3, -0.25) is 9.59 Å². The van der Waals surface area contributed by atoms with Crippen LogP contribution in [0.15, 0.2) is 84.9 Å². The van der Waals surface area contributed by atoms with Gasteiger partial charge in [-0.25, -0.2) is 9.59 Å². The number of fused-ring (bicyclic) bond motifs is 5. The molecule has 0 atom stereocenters. The number of ether oxygens (including phenoxy) is 1. The quantitative estimate of drug-likeness (QED) is 0.157. The Hall–Kier alpha value is -5.10. The fourth-order valence-electron chi connectivity index (χ4n) is 5.09. The number of carbonyl (C=O) groups excluding carboxylic acids is 3. The van der Waals surface area contributed by atoms with Crippen molar-refractivity contribution in [2.24, 2.45) is 0 Å². The number of carboxylic acids is 1. The van der Waals surface area contributed by atoms with Gasteiger partial charge in [-0.2, -0.15) is 0 Å². The largest absolute Gasteiger partial charge is 0.478 e. The number of nitrogens with one attached hydrogen (secondary N) is 2. The molecule has 0 aliphatic carbocycles. The monoisotopic (exact) mass is 636 g/mol. The maximum atomic E-state index is 13.2. The molecule has 0 aliphatic heterocycles. The molecule has 7 aromatic rings. The van der Waals surface area contributed by atoms with Crippen LogP contribution >= 0.6 is 34.0 Å². The summed E-state index contributed by atoms with van der Waals surface area (Å²) in [5.41, 5.74) is 0.474. The molecule has 0 saturated carbocycles. The molecule has 0 aliphatic rings. The van der Waals surface area contributed by atoms with Crippen molar-refractivity contribution in [2.45, 2.75) is 0 Å². The molecule has 3 N–H and O–H groups in total. The molecule has 216 valence electrons. The second-order valence-corrected chi connectivity index (χ2v) is 13.1. The van der Waals surface area contributed by atoms with Gasteiger partial charge in [0.15, 0.2) is 0 Å². The van der Waals surface area contributed by atoms with Crippen LogP contribution in [0.5, 0.6) is 0 Å². The summed E-state index contributed by atoms with van der Waals surface area (Å²) < 4.78 is 8.34. The van der Waals surface area contributed by atoms with Crippen molar-refractivity contribution in [1.82, 2.24) is 0 Å². The Morgan fingerprint density at radius 2 is 1.09 bits per heavy atom.